The molecule has 0 aromatic rings. The molecule has 0 unspecified atom stereocenters. The van der Waals surface area contributed by atoms with Crippen molar-refractivity contribution in [1.29, 1.82) is 0 Å². The molecular weight excluding hydrogens is 630 g/mol. The lowest BCUT2D eigenvalue weighted by Gasteiger charge is -2.29. The number of amides is 1. The SMILES string of the molecule is CCC/C=C\C/C=C\CCC(=O)O[C@@H](COC(=O)CCCCCCCCCCCCC)[C@@H](O)[C@@H](CO)NC(=O)CCCCCCCCCCC. The fourth-order valence-electron chi connectivity index (χ4n) is 5.86. The van der Waals surface area contributed by atoms with Crippen LogP contribution in [0.5, 0.6) is 0 Å². The predicted molar refractivity (Wildman–Crippen MR) is 206 cm³/mol. The van der Waals surface area contributed by atoms with Crippen molar-refractivity contribution in [2.45, 2.75) is 212 Å². The Morgan fingerprint density at radius 3 is 1.56 bits per heavy atom. The second-order valence-electron chi connectivity index (χ2n) is 13.9. The van der Waals surface area contributed by atoms with Crippen LogP contribution in [0.25, 0.3) is 0 Å². The van der Waals surface area contributed by atoms with Crippen molar-refractivity contribution in [3.63, 3.8) is 0 Å². The van der Waals surface area contributed by atoms with Gasteiger partial charge in [-0.3, -0.25) is 14.4 Å². The molecule has 1 amide bonds. The van der Waals surface area contributed by atoms with Crippen molar-refractivity contribution in [2.75, 3.05) is 13.2 Å². The van der Waals surface area contributed by atoms with E-state index >= 15 is 0 Å². The Labute approximate surface area is 306 Å². The van der Waals surface area contributed by atoms with Crippen molar-refractivity contribution in [1.82, 2.24) is 5.32 Å². The minimum absolute atomic E-state index is 0.0971. The van der Waals surface area contributed by atoms with Gasteiger partial charge in [-0.2, -0.15) is 0 Å². The van der Waals surface area contributed by atoms with Gasteiger partial charge in [0.05, 0.1) is 12.6 Å². The minimum atomic E-state index is -1.44. The van der Waals surface area contributed by atoms with Gasteiger partial charge in [-0.1, -0.05) is 167 Å². The maximum absolute atomic E-state index is 12.7. The van der Waals surface area contributed by atoms with E-state index in [9.17, 15) is 24.6 Å². The van der Waals surface area contributed by atoms with E-state index in [2.05, 4.69) is 38.2 Å². The van der Waals surface area contributed by atoms with Gasteiger partial charge in [0, 0.05) is 19.3 Å². The van der Waals surface area contributed by atoms with Crippen LogP contribution in [0.4, 0.5) is 0 Å². The monoisotopic (exact) mass is 708 g/mol. The Balaban J connectivity index is 4.81. The summed E-state index contributed by atoms with van der Waals surface area (Å²) < 4.78 is 11.0. The lowest BCUT2D eigenvalue weighted by molar-refractivity contribution is -0.168. The van der Waals surface area contributed by atoms with Gasteiger partial charge in [0.15, 0.2) is 6.10 Å². The van der Waals surface area contributed by atoms with Gasteiger partial charge in [-0.15, -0.1) is 0 Å². The number of carbonyl (C=O) groups is 3. The van der Waals surface area contributed by atoms with Crippen molar-refractivity contribution >= 4 is 17.8 Å². The van der Waals surface area contributed by atoms with Crippen LogP contribution in [0.3, 0.4) is 0 Å². The van der Waals surface area contributed by atoms with E-state index in [1.165, 1.54) is 89.9 Å². The standard InChI is InChI=1S/C42H77NO7/c1-4-7-10-13-16-19-20-22-25-27-30-33-40(46)49-36-38(50-41(47)34-31-28-24-18-15-12-9-6-3)42(48)37(35-44)43-39(45)32-29-26-23-21-17-14-11-8-5-2/h12,15,24,28,37-38,42,44,48H,4-11,13-14,16-23,25-27,29-36H2,1-3H3,(H,43,45)/b15-12-,28-24-/t37-,38+,42+/m1/s1. The highest BCUT2D eigenvalue weighted by atomic mass is 16.6. The van der Waals surface area contributed by atoms with Crippen LogP contribution in [0.2, 0.25) is 0 Å². The number of rotatable bonds is 36. The third-order valence-electron chi connectivity index (χ3n) is 9.10. The Hall–Kier alpha value is -2.19. The molecule has 0 aliphatic heterocycles. The zero-order valence-corrected chi connectivity index (χ0v) is 32.5. The smallest absolute Gasteiger partial charge is 0.306 e. The molecule has 8 heteroatoms. The highest BCUT2D eigenvalue weighted by Gasteiger charge is 2.32. The summed E-state index contributed by atoms with van der Waals surface area (Å²) in [6, 6.07) is -1.06. The van der Waals surface area contributed by atoms with Crippen LogP contribution >= 0.6 is 0 Å². The number of hydrogen-bond acceptors (Lipinski definition) is 7. The first-order chi connectivity index (χ1) is 24.4. The molecule has 0 heterocycles. The first-order valence-electron chi connectivity index (χ1n) is 20.6. The molecule has 292 valence electrons. The molecule has 50 heavy (non-hydrogen) atoms. The summed E-state index contributed by atoms with van der Waals surface area (Å²) >= 11 is 0. The van der Waals surface area contributed by atoms with Crippen molar-refractivity contribution in [3.05, 3.63) is 24.3 Å². The first kappa shape index (κ1) is 47.8. The third-order valence-corrected chi connectivity index (χ3v) is 9.10. The van der Waals surface area contributed by atoms with Crippen LogP contribution in [-0.2, 0) is 23.9 Å². The van der Waals surface area contributed by atoms with Crippen LogP contribution in [0.15, 0.2) is 24.3 Å². The Morgan fingerprint density at radius 1 is 0.580 bits per heavy atom. The van der Waals surface area contributed by atoms with E-state index in [0.717, 1.165) is 57.8 Å². The molecule has 0 saturated heterocycles. The average molecular weight is 708 g/mol. The zero-order chi connectivity index (χ0) is 36.9. The molecule has 0 saturated carbocycles. The highest BCUT2D eigenvalue weighted by Crippen LogP contribution is 2.15. The second-order valence-corrected chi connectivity index (χ2v) is 13.9. The number of nitrogens with one attached hydrogen (secondary N) is 1. The summed E-state index contributed by atoms with van der Waals surface area (Å²) in [4.78, 5) is 37.9. The fraction of sp³-hybridized carbons (Fsp3) is 0.833. The molecule has 0 fully saturated rings. The van der Waals surface area contributed by atoms with E-state index in [-0.39, 0.29) is 31.8 Å². The van der Waals surface area contributed by atoms with Gasteiger partial charge in [-0.25, -0.2) is 0 Å². The number of esters is 2. The molecule has 0 rings (SSSR count). The first-order valence-corrected chi connectivity index (χ1v) is 20.6. The Kier molecular flexibility index (Phi) is 35.0. The summed E-state index contributed by atoms with van der Waals surface area (Å²) in [5, 5.41) is 23.9. The van der Waals surface area contributed by atoms with Gasteiger partial charge < -0.3 is 25.0 Å². The minimum Gasteiger partial charge on any atom is -0.462 e. The normalized spacial score (nSPS) is 13.5. The molecule has 3 N–H and O–H groups in total. The summed E-state index contributed by atoms with van der Waals surface area (Å²) in [7, 11) is 0. The molecule has 8 nitrogen and oxygen atoms in total. The van der Waals surface area contributed by atoms with Gasteiger partial charge in [-0.05, 0) is 32.1 Å². The molecule has 0 radical (unpaired) electrons. The molecule has 0 spiro atoms. The summed E-state index contributed by atoms with van der Waals surface area (Å²) in [5.74, 6) is -1.23. The fourth-order valence-corrected chi connectivity index (χ4v) is 5.86. The van der Waals surface area contributed by atoms with E-state index in [4.69, 9.17) is 9.47 Å². The summed E-state index contributed by atoms with van der Waals surface area (Å²) in [6.45, 7) is 5.69. The molecule has 0 aliphatic carbocycles. The molecule has 0 aromatic heterocycles. The molecule has 0 aromatic carbocycles. The third kappa shape index (κ3) is 30.6. The maximum atomic E-state index is 12.7. The second kappa shape index (κ2) is 36.6. The van der Waals surface area contributed by atoms with Crippen molar-refractivity contribution in [2.24, 2.45) is 0 Å². The van der Waals surface area contributed by atoms with Crippen LogP contribution < -0.4 is 5.32 Å². The van der Waals surface area contributed by atoms with Gasteiger partial charge in [0.1, 0.15) is 12.7 Å². The summed E-state index contributed by atoms with van der Waals surface area (Å²) in [5.41, 5.74) is 0. The molecular formula is C42H77NO7. The quantitative estimate of drug-likeness (QED) is 0.0337. The van der Waals surface area contributed by atoms with Crippen LogP contribution in [0.1, 0.15) is 194 Å². The van der Waals surface area contributed by atoms with Crippen LogP contribution in [-0.4, -0.2) is 59.5 Å². The molecule has 0 bridgehead atoms. The van der Waals surface area contributed by atoms with E-state index in [1.54, 1.807) is 0 Å². The zero-order valence-electron chi connectivity index (χ0n) is 32.5. The van der Waals surface area contributed by atoms with Gasteiger partial charge in [0.2, 0.25) is 5.91 Å². The number of hydrogen-bond donors (Lipinski definition) is 3. The van der Waals surface area contributed by atoms with Crippen LogP contribution in [0, 0.1) is 0 Å². The van der Waals surface area contributed by atoms with Gasteiger partial charge >= 0.3 is 11.9 Å². The van der Waals surface area contributed by atoms with Crippen molar-refractivity contribution in [3.8, 4) is 0 Å². The predicted octanol–water partition coefficient (Wildman–Crippen LogP) is 9.98. The number of ether oxygens (including phenoxy) is 2. The maximum Gasteiger partial charge on any atom is 0.306 e. The topological polar surface area (TPSA) is 122 Å². The van der Waals surface area contributed by atoms with E-state index in [0.29, 0.717) is 6.42 Å². The molecule has 0 aliphatic rings. The van der Waals surface area contributed by atoms with Gasteiger partial charge in [0.25, 0.3) is 0 Å². The summed E-state index contributed by atoms with van der Waals surface area (Å²) in [6.07, 6.45) is 32.7. The lowest BCUT2D eigenvalue weighted by Crippen LogP contribution is -2.53. The van der Waals surface area contributed by atoms with Crippen molar-refractivity contribution < 1.29 is 34.1 Å². The van der Waals surface area contributed by atoms with E-state index in [1.807, 2.05) is 12.2 Å². The number of aliphatic hydroxyl groups excluding tert-OH is 2. The highest BCUT2D eigenvalue weighted by molar-refractivity contribution is 5.76. The largest absolute Gasteiger partial charge is 0.462 e. The number of allylic oxidation sites excluding steroid dienone is 4. The Bertz CT molecular complexity index is 859. The number of aliphatic hydroxyl groups is 2. The average Bonchev–Trinajstić information content (AvgIpc) is 3.11. The molecule has 3 atom stereocenters. The lowest BCUT2D eigenvalue weighted by atomic mass is 10.0. The number of carbonyl (C=O) groups excluding carboxylic acids is 3. The number of unbranched alkanes of at least 4 members (excludes halogenated alkanes) is 19. The Morgan fingerprint density at radius 2 is 1.06 bits per heavy atom. The van der Waals surface area contributed by atoms with E-state index < -0.39 is 36.8 Å².